The van der Waals surface area contributed by atoms with E-state index in [1.54, 1.807) is 0 Å². The molecule has 0 saturated carbocycles. The second kappa shape index (κ2) is 6.36. The molecule has 0 N–H and O–H groups in total. The molecule has 24 heavy (non-hydrogen) atoms. The molecule has 0 bridgehead atoms. The highest BCUT2D eigenvalue weighted by Crippen LogP contribution is 2.30. The van der Waals surface area contributed by atoms with Gasteiger partial charge in [-0.05, 0) is 49.3 Å². The predicted octanol–water partition coefficient (Wildman–Crippen LogP) is 4.35. The molecule has 1 aliphatic rings. The number of anilines is 1. The van der Waals surface area contributed by atoms with Gasteiger partial charge in [0.1, 0.15) is 5.76 Å². The molecular formula is C21H21NO2. The quantitative estimate of drug-likeness (QED) is 0.622. The van der Waals surface area contributed by atoms with E-state index < -0.39 is 0 Å². The van der Waals surface area contributed by atoms with Gasteiger partial charge in [0.25, 0.3) is 0 Å². The van der Waals surface area contributed by atoms with Crippen molar-refractivity contribution in [3.63, 3.8) is 0 Å². The molecule has 0 saturated heterocycles. The van der Waals surface area contributed by atoms with E-state index in [1.807, 2.05) is 74.5 Å². The van der Waals surface area contributed by atoms with Gasteiger partial charge in [-0.2, -0.15) is 0 Å². The van der Waals surface area contributed by atoms with Crippen molar-refractivity contribution in [1.82, 2.24) is 0 Å². The number of ether oxygens (including phenoxy) is 1. The molecule has 1 heterocycles. The fourth-order valence-corrected chi connectivity index (χ4v) is 2.76. The average Bonchev–Trinajstić information content (AvgIpc) is 2.88. The Morgan fingerprint density at radius 3 is 2.33 bits per heavy atom. The Hall–Kier alpha value is -2.81. The van der Waals surface area contributed by atoms with Crippen LogP contribution in [-0.4, -0.2) is 20.1 Å². The molecule has 3 rings (SSSR count). The number of aryl methyl sites for hydroxylation is 2. The number of hydrogen-bond donors (Lipinski definition) is 0. The smallest absolute Gasteiger partial charge is 0.343 e. The maximum absolute atomic E-state index is 12.2. The Balaban J connectivity index is 1.91. The second-order valence-corrected chi connectivity index (χ2v) is 6.30. The molecule has 0 radical (unpaired) electrons. The van der Waals surface area contributed by atoms with Crippen LogP contribution < -0.4 is 4.90 Å². The normalized spacial score (nSPS) is 15.4. The van der Waals surface area contributed by atoms with Gasteiger partial charge in [0, 0.05) is 25.3 Å². The van der Waals surface area contributed by atoms with Crippen molar-refractivity contribution in [2.45, 2.75) is 13.8 Å². The molecule has 3 nitrogen and oxygen atoms in total. The number of nitrogens with zero attached hydrogens (tertiary/aromatic N) is 1. The van der Waals surface area contributed by atoms with Crippen LogP contribution in [0.3, 0.4) is 0 Å². The summed E-state index contributed by atoms with van der Waals surface area (Å²) in [7, 11) is 4.00. The molecule has 0 aliphatic carbocycles. The zero-order chi connectivity index (χ0) is 17.3. The number of rotatable bonds is 3. The lowest BCUT2D eigenvalue weighted by atomic mass is 10.0. The van der Waals surface area contributed by atoms with E-state index in [0.29, 0.717) is 11.3 Å². The fraction of sp³-hybridized carbons (Fsp3) is 0.190. The van der Waals surface area contributed by atoms with Crippen molar-refractivity contribution in [2.75, 3.05) is 19.0 Å². The van der Waals surface area contributed by atoms with Crippen molar-refractivity contribution in [3.05, 3.63) is 76.4 Å². The van der Waals surface area contributed by atoms with E-state index in [0.717, 1.165) is 22.4 Å². The summed E-state index contributed by atoms with van der Waals surface area (Å²) in [5.41, 5.74) is 5.93. The van der Waals surface area contributed by atoms with Gasteiger partial charge >= 0.3 is 5.97 Å². The van der Waals surface area contributed by atoms with Gasteiger partial charge in [-0.1, -0.05) is 35.9 Å². The third kappa shape index (κ3) is 3.25. The SMILES string of the molecule is Cc1ccc(C2=CC(=Cc3ccc(N(C)C)cc3)C(=O)O2)c(C)c1. The predicted molar refractivity (Wildman–Crippen MR) is 98.7 cm³/mol. The Morgan fingerprint density at radius 2 is 1.71 bits per heavy atom. The van der Waals surface area contributed by atoms with E-state index in [4.69, 9.17) is 4.74 Å². The number of hydrogen-bond acceptors (Lipinski definition) is 3. The van der Waals surface area contributed by atoms with Crippen molar-refractivity contribution < 1.29 is 9.53 Å². The van der Waals surface area contributed by atoms with Gasteiger partial charge < -0.3 is 9.64 Å². The summed E-state index contributed by atoms with van der Waals surface area (Å²) < 4.78 is 5.46. The summed E-state index contributed by atoms with van der Waals surface area (Å²) in [4.78, 5) is 14.2. The van der Waals surface area contributed by atoms with Gasteiger partial charge in [0.2, 0.25) is 0 Å². The van der Waals surface area contributed by atoms with Crippen molar-refractivity contribution in [3.8, 4) is 0 Å². The topological polar surface area (TPSA) is 29.5 Å². The van der Waals surface area contributed by atoms with E-state index in [-0.39, 0.29) is 5.97 Å². The Labute approximate surface area is 142 Å². The summed E-state index contributed by atoms with van der Waals surface area (Å²) in [5, 5.41) is 0. The van der Waals surface area contributed by atoms with E-state index in [1.165, 1.54) is 5.56 Å². The minimum Gasteiger partial charge on any atom is -0.422 e. The van der Waals surface area contributed by atoms with Crippen molar-refractivity contribution in [2.24, 2.45) is 0 Å². The van der Waals surface area contributed by atoms with Crippen LogP contribution in [0, 0.1) is 13.8 Å². The summed E-state index contributed by atoms with van der Waals surface area (Å²) in [6, 6.07) is 14.2. The van der Waals surface area contributed by atoms with Gasteiger partial charge in [-0.25, -0.2) is 4.79 Å². The first kappa shape index (κ1) is 16.1. The van der Waals surface area contributed by atoms with Gasteiger partial charge in [-0.15, -0.1) is 0 Å². The lowest BCUT2D eigenvalue weighted by molar-refractivity contribution is -0.130. The fourth-order valence-electron chi connectivity index (χ4n) is 2.76. The van der Waals surface area contributed by atoms with Crippen LogP contribution in [0.2, 0.25) is 0 Å². The minimum absolute atomic E-state index is 0.304. The number of carbonyl (C=O) groups is 1. The van der Waals surface area contributed by atoms with Crippen molar-refractivity contribution in [1.29, 1.82) is 0 Å². The lowest BCUT2D eigenvalue weighted by Gasteiger charge is -2.11. The molecule has 0 unspecified atom stereocenters. The van der Waals surface area contributed by atoms with Crippen LogP contribution >= 0.6 is 0 Å². The highest BCUT2D eigenvalue weighted by atomic mass is 16.5. The summed E-state index contributed by atoms with van der Waals surface area (Å²) in [5.74, 6) is 0.315. The third-order valence-corrected chi connectivity index (χ3v) is 4.10. The van der Waals surface area contributed by atoms with Gasteiger partial charge in [-0.3, -0.25) is 0 Å². The first-order valence-corrected chi connectivity index (χ1v) is 7.94. The molecular weight excluding hydrogens is 298 g/mol. The summed E-state index contributed by atoms with van der Waals surface area (Å²) >= 11 is 0. The van der Waals surface area contributed by atoms with E-state index >= 15 is 0 Å². The van der Waals surface area contributed by atoms with E-state index in [2.05, 4.69) is 13.0 Å². The molecule has 122 valence electrons. The molecule has 0 fully saturated rings. The highest BCUT2D eigenvalue weighted by molar-refractivity contribution is 6.05. The molecule has 0 amide bonds. The van der Waals surface area contributed by atoms with Crippen LogP contribution in [-0.2, 0) is 9.53 Å². The minimum atomic E-state index is -0.304. The second-order valence-electron chi connectivity index (χ2n) is 6.30. The molecule has 0 atom stereocenters. The molecule has 1 aliphatic heterocycles. The molecule has 2 aromatic rings. The number of carbonyl (C=O) groups excluding carboxylic acids is 1. The first-order chi connectivity index (χ1) is 11.4. The van der Waals surface area contributed by atoms with Crippen LogP contribution in [0.25, 0.3) is 11.8 Å². The molecule has 0 aromatic heterocycles. The van der Waals surface area contributed by atoms with Crippen molar-refractivity contribution >= 4 is 23.5 Å². The van der Waals surface area contributed by atoms with Crippen LogP contribution in [0.15, 0.2) is 54.1 Å². The van der Waals surface area contributed by atoms with Gasteiger partial charge in [0.15, 0.2) is 0 Å². The van der Waals surface area contributed by atoms with E-state index in [9.17, 15) is 4.79 Å². The number of cyclic esters (lactones) is 1. The molecule has 3 heteroatoms. The van der Waals surface area contributed by atoms with Gasteiger partial charge in [0.05, 0.1) is 5.57 Å². The third-order valence-electron chi connectivity index (χ3n) is 4.10. The monoisotopic (exact) mass is 319 g/mol. The Morgan fingerprint density at radius 1 is 1.00 bits per heavy atom. The highest BCUT2D eigenvalue weighted by Gasteiger charge is 2.22. The molecule has 0 spiro atoms. The average molecular weight is 319 g/mol. The number of esters is 1. The summed E-state index contributed by atoms with van der Waals surface area (Å²) in [6.45, 7) is 4.08. The van der Waals surface area contributed by atoms with Crippen LogP contribution in [0.1, 0.15) is 22.3 Å². The summed E-state index contributed by atoms with van der Waals surface area (Å²) in [6.07, 6.45) is 3.68. The Bertz CT molecular complexity index is 843. The first-order valence-electron chi connectivity index (χ1n) is 7.94. The zero-order valence-corrected chi connectivity index (χ0v) is 14.5. The lowest BCUT2D eigenvalue weighted by Crippen LogP contribution is -2.07. The van der Waals surface area contributed by atoms with Crippen LogP contribution in [0.5, 0.6) is 0 Å². The Kier molecular flexibility index (Phi) is 4.26. The standard InChI is InChI=1S/C21H21NO2/c1-14-5-10-19(15(2)11-14)20-13-17(21(23)24-20)12-16-6-8-18(9-7-16)22(3)4/h5-13H,1-4H3. The largest absolute Gasteiger partial charge is 0.422 e. The maximum Gasteiger partial charge on any atom is 0.343 e. The molecule has 2 aromatic carbocycles. The van der Waals surface area contributed by atoms with Crippen LogP contribution in [0.4, 0.5) is 5.69 Å². The maximum atomic E-state index is 12.2. The zero-order valence-electron chi connectivity index (χ0n) is 14.5. The number of benzene rings is 2.